The van der Waals surface area contributed by atoms with Crippen LogP contribution in [0.1, 0.15) is 5.56 Å². The fourth-order valence-electron chi connectivity index (χ4n) is 1.00. The quantitative estimate of drug-likeness (QED) is 0.767. The van der Waals surface area contributed by atoms with Gasteiger partial charge in [0.25, 0.3) is 0 Å². The molecule has 0 aromatic heterocycles. The van der Waals surface area contributed by atoms with Crippen molar-refractivity contribution in [1.82, 2.24) is 0 Å². The van der Waals surface area contributed by atoms with Crippen LogP contribution >= 0.6 is 0 Å². The molecular formula is C11H9F3O. The number of rotatable bonds is 3. The lowest BCUT2D eigenvalue weighted by molar-refractivity contribution is 0.343. The Bertz CT molecular complexity index is 374. The topological polar surface area (TPSA) is 20.2 Å². The minimum Gasteiger partial charge on any atom is -0.392 e. The average molecular weight is 214 g/mol. The molecule has 1 aromatic carbocycles. The maximum absolute atomic E-state index is 13.0. The molecule has 0 saturated heterocycles. The summed E-state index contributed by atoms with van der Waals surface area (Å²) < 4.78 is 38.5. The summed E-state index contributed by atoms with van der Waals surface area (Å²) in [6, 6.07) is 1.22. The molecule has 0 aliphatic rings. The second-order valence-corrected chi connectivity index (χ2v) is 2.75. The molecule has 0 spiro atoms. The van der Waals surface area contributed by atoms with Crippen LogP contribution in [0.15, 0.2) is 30.4 Å². The summed E-state index contributed by atoms with van der Waals surface area (Å²) in [5.41, 5.74) is -0.306. The Labute approximate surface area is 85.2 Å². The highest BCUT2D eigenvalue weighted by molar-refractivity contribution is 5.52. The van der Waals surface area contributed by atoms with E-state index in [-0.39, 0.29) is 12.2 Å². The second-order valence-electron chi connectivity index (χ2n) is 2.75. The van der Waals surface area contributed by atoms with Crippen LogP contribution in [0, 0.1) is 17.5 Å². The molecule has 0 aliphatic carbocycles. The number of allylic oxidation sites excluding steroid dienone is 2. The lowest BCUT2D eigenvalue weighted by atomic mass is 10.2. The molecule has 0 heterocycles. The van der Waals surface area contributed by atoms with Gasteiger partial charge >= 0.3 is 0 Å². The number of halogens is 3. The van der Waals surface area contributed by atoms with Crippen molar-refractivity contribution >= 4 is 6.08 Å². The summed E-state index contributed by atoms with van der Waals surface area (Å²) in [5, 5.41) is 8.39. The molecule has 1 aromatic rings. The molecule has 1 nitrogen and oxygen atoms in total. The minimum atomic E-state index is -0.957. The van der Waals surface area contributed by atoms with Gasteiger partial charge < -0.3 is 5.11 Å². The zero-order valence-electron chi connectivity index (χ0n) is 7.75. The molecule has 4 heteroatoms. The van der Waals surface area contributed by atoms with E-state index < -0.39 is 17.5 Å². The van der Waals surface area contributed by atoms with Crippen molar-refractivity contribution in [3.05, 3.63) is 53.4 Å². The molecule has 0 amide bonds. The molecular weight excluding hydrogens is 205 g/mol. The standard InChI is InChI=1S/C11H9F3O/c12-8-6-10(13)9(11(14)7-8)4-2-1-3-5-15/h1-4,6-7,15H,5H2/b3-1+,4-2+. The lowest BCUT2D eigenvalue weighted by Crippen LogP contribution is -1.90. The van der Waals surface area contributed by atoms with Gasteiger partial charge in [-0.3, -0.25) is 0 Å². The fraction of sp³-hybridized carbons (Fsp3) is 0.0909. The van der Waals surface area contributed by atoms with Crippen LogP contribution < -0.4 is 0 Å². The molecule has 0 saturated carbocycles. The molecule has 0 aliphatic heterocycles. The molecule has 15 heavy (non-hydrogen) atoms. The Morgan fingerprint density at radius 1 is 1.07 bits per heavy atom. The van der Waals surface area contributed by atoms with Crippen LogP contribution in [0.2, 0.25) is 0 Å². The molecule has 0 radical (unpaired) electrons. The molecule has 1 N–H and O–H groups in total. The molecule has 1 rings (SSSR count). The van der Waals surface area contributed by atoms with E-state index in [4.69, 9.17) is 5.11 Å². The summed E-state index contributed by atoms with van der Waals surface area (Å²) in [6.07, 6.45) is 5.35. The number of hydrogen-bond donors (Lipinski definition) is 1. The smallest absolute Gasteiger partial charge is 0.136 e. The van der Waals surface area contributed by atoms with Crippen LogP contribution in [-0.4, -0.2) is 11.7 Å². The summed E-state index contributed by atoms with van der Waals surface area (Å²) in [6.45, 7) is -0.154. The van der Waals surface area contributed by atoms with Crippen LogP contribution in [0.5, 0.6) is 0 Å². The Morgan fingerprint density at radius 3 is 2.20 bits per heavy atom. The number of aliphatic hydroxyl groups is 1. The van der Waals surface area contributed by atoms with Crippen molar-refractivity contribution in [1.29, 1.82) is 0 Å². The summed E-state index contributed by atoms with van der Waals surface area (Å²) in [5.74, 6) is -2.87. The highest BCUT2D eigenvalue weighted by atomic mass is 19.1. The Balaban J connectivity index is 2.95. The van der Waals surface area contributed by atoms with Crippen LogP contribution in [0.4, 0.5) is 13.2 Å². The maximum atomic E-state index is 13.0. The Hall–Kier alpha value is -1.55. The fourth-order valence-corrected chi connectivity index (χ4v) is 1.00. The predicted octanol–water partition coefficient (Wildman–Crippen LogP) is 2.67. The van der Waals surface area contributed by atoms with E-state index in [9.17, 15) is 13.2 Å². The average Bonchev–Trinajstić information content (AvgIpc) is 2.15. The Morgan fingerprint density at radius 2 is 1.67 bits per heavy atom. The van der Waals surface area contributed by atoms with Gasteiger partial charge in [-0.05, 0) is 6.08 Å². The van der Waals surface area contributed by atoms with E-state index in [0.29, 0.717) is 12.1 Å². The van der Waals surface area contributed by atoms with Crippen LogP contribution in [0.25, 0.3) is 6.08 Å². The van der Waals surface area contributed by atoms with E-state index in [0.717, 1.165) is 6.08 Å². The van der Waals surface area contributed by atoms with Gasteiger partial charge in [0, 0.05) is 17.7 Å². The summed E-state index contributed by atoms with van der Waals surface area (Å²) in [4.78, 5) is 0. The first-order valence-electron chi connectivity index (χ1n) is 4.23. The van der Waals surface area contributed by atoms with Gasteiger partial charge in [0.2, 0.25) is 0 Å². The number of benzene rings is 1. The molecule has 0 atom stereocenters. The van der Waals surface area contributed by atoms with E-state index in [2.05, 4.69) is 0 Å². The van der Waals surface area contributed by atoms with Crippen molar-refractivity contribution in [2.24, 2.45) is 0 Å². The van der Waals surface area contributed by atoms with Crippen molar-refractivity contribution < 1.29 is 18.3 Å². The van der Waals surface area contributed by atoms with Crippen molar-refractivity contribution in [3.8, 4) is 0 Å². The van der Waals surface area contributed by atoms with Gasteiger partial charge in [0.15, 0.2) is 0 Å². The van der Waals surface area contributed by atoms with Crippen LogP contribution in [0.3, 0.4) is 0 Å². The molecule has 0 bridgehead atoms. The largest absolute Gasteiger partial charge is 0.392 e. The normalized spacial score (nSPS) is 11.7. The van der Waals surface area contributed by atoms with Gasteiger partial charge in [-0.1, -0.05) is 18.2 Å². The first-order valence-corrected chi connectivity index (χ1v) is 4.23. The first-order chi connectivity index (χ1) is 7.15. The SMILES string of the molecule is OC/C=C/C=C/c1c(F)cc(F)cc1F. The second kappa shape index (κ2) is 5.36. The van der Waals surface area contributed by atoms with Crippen molar-refractivity contribution in [2.75, 3.05) is 6.61 Å². The number of aliphatic hydroxyl groups excluding tert-OH is 1. The van der Waals surface area contributed by atoms with Crippen molar-refractivity contribution in [3.63, 3.8) is 0 Å². The predicted molar refractivity (Wildman–Crippen MR) is 51.6 cm³/mol. The third-order valence-corrected chi connectivity index (χ3v) is 1.66. The van der Waals surface area contributed by atoms with E-state index in [1.54, 1.807) is 0 Å². The van der Waals surface area contributed by atoms with Gasteiger partial charge in [-0.25, -0.2) is 13.2 Å². The maximum Gasteiger partial charge on any atom is 0.136 e. The van der Waals surface area contributed by atoms with E-state index in [1.807, 2.05) is 0 Å². The monoisotopic (exact) mass is 214 g/mol. The highest BCUT2D eigenvalue weighted by Crippen LogP contribution is 2.16. The van der Waals surface area contributed by atoms with Gasteiger partial charge in [-0.2, -0.15) is 0 Å². The Kier molecular flexibility index (Phi) is 4.12. The van der Waals surface area contributed by atoms with Gasteiger partial charge in [0.05, 0.1) is 6.61 Å². The van der Waals surface area contributed by atoms with Crippen LogP contribution in [-0.2, 0) is 0 Å². The third-order valence-electron chi connectivity index (χ3n) is 1.66. The summed E-state index contributed by atoms with van der Waals surface area (Å²) in [7, 11) is 0. The summed E-state index contributed by atoms with van der Waals surface area (Å²) >= 11 is 0. The third kappa shape index (κ3) is 3.25. The minimum absolute atomic E-state index is 0.154. The molecule has 80 valence electrons. The zero-order valence-corrected chi connectivity index (χ0v) is 7.75. The first kappa shape index (κ1) is 11.5. The van der Waals surface area contributed by atoms with E-state index >= 15 is 0 Å². The zero-order chi connectivity index (χ0) is 11.3. The highest BCUT2D eigenvalue weighted by Gasteiger charge is 2.07. The van der Waals surface area contributed by atoms with Gasteiger partial charge in [-0.15, -0.1) is 0 Å². The number of hydrogen-bond acceptors (Lipinski definition) is 1. The molecule has 0 fully saturated rings. The van der Waals surface area contributed by atoms with E-state index in [1.165, 1.54) is 18.2 Å². The lowest BCUT2D eigenvalue weighted by Gasteiger charge is -1.98. The van der Waals surface area contributed by atoms with Gasteiger partial charge in [0.1, 0.15) is 17.5 Å². The van der Waals surface area contributed by atoms with Crippen molar-refractivity contribution in [2.45, 2.75) is 0 Å². The molecule has 0 unspecified atom stereocenters.